The van der Waals surface area contributed by atoms with Crippen molar-refractivity contribution < 1.29 is 13.2 Å². The molecule has 0 saturated heterocycles. The summed E-state index contributed by atoms with van der Waals surface area (Å²) < 4.78 is 26.7. The number of amides is 1. The molecule has 5 nitrogen and oxygen atoms in total. The number of hydrogen-bond acceptors (Lipinski definition) is 3. The fourth-order valence-electron chi connectivity index (χ4n) is 3.27. The SMILES string of the molecule is CCn1c2ccccc2c2cc(NC(=O)C(C)S(=O)(=O)C(C)C)ccc21. The van der Waals surface area contributed by atoms with Gasteiger partial charge < -0.3 is 9.88 Å². The van der Waals surface area contributed by atoms with E-state index in [2.05, 4.69) is 28.9 Å². The number of anilines is 1. The Morgan fingerprint density at radius 1 is 1.04 bits per heavy atom. The molecule has 138 valence electrons. The van der Waals surface area contributed by atoms with Gasteiger partial charge in [0.05, 0.1) is 5.25 Å². The number of aryl methyl sites for hydroxylation is 1. The summed E-state index contributed by atoms with van der Waals surface area (Å²) in [6, 6.07) is 13.8. The third-order valence-corrected chi connectivity index (χ3v) is 7.39. The molecule has 0 aliphatic carbocycles. The van der Waals surface area contributed by atoms with Crippen molar-refractivity contribution in [2.75, 3.05) is 5.32 Å². The molecule has 1 atom stereocenters. The molecular formula is C20H24N2O3S. The number of hydrogen-bond donors (Lipinski definition) is 1. The van der Waals surface area contributed by atoms with Gasteiger partial charge in [0.1, 0.15) is 5.25 Å². The smallest absolute Gasteiger partial charge is 0.242 e. The number of sulfone groups is 1. The van der Waals surface area contributed by atoms with Gasteiger partial charge in [-0.15, -0.1) is 0 Å². The molecule has 1 amide bonds. The van der Waals surface area contributed by atoms with E-state index in [1.54, 1.807) is 13.8 Å². The zero-order valence-corrected chi connectivity index (χ0v) is 16.3. The van der Waals surface area contributed by atoms with Crippen LogP contribution in [0.25, 0.3) is 21.8 Å². The van der Waals surface area contributed by atoms with Gasteiger partial charge in [-0.2, -0.15) is 0 Å². The summed E-state index contributed by atoms with van der Waals surface area (Å²) in [6.45, 7) is 7.56. The Morgan fingerprint density at radius 3 is 2.35 bits per heavy atom. The van der Waals surface area contributed by atoms with Crippen LogP contribution in [0.5, 0.6) is 0 Å². The van der Waals surface area contributed by atoms with Crippen LogP contribution in [0.15, 0.2) is 42.5 Å². The van der Waals surface area contributed by atoms with Crippen LogP contribution in [0.3, 0.4) is 0 Å². The van der Waals surface area contributed by atoms with Gasteiger partial charge in [0.2, 0.25) is 5.91 Å². The molecule has 26 heavy (non-hydrogen) atoms. The van der Waals surface area contributed by atoms with Gasteiger partial charge >= 0.3 is 0 Å². The normalized spacial score (nSPS) is 13.4. The predicted octanol–water partition coefficient (Wildman–Crippen LogP) is 3.96. The number of nitrogens with one attached hydrogen (secondary N) is 1. The molecule has 0 radical (unpaired) electrons. The number of rotatable bonds is 5. The maximum atomic E-state index is 12.4. The molecule has 1 heterocycles. The van der Waals surface area contributed by atoms with Crippen LogP contribution < -0.4 is 5.32 Å². The molecule has 3 rings (SSSR count). The Morgan fingerprint density at radius 2 is 1.69 bits per heavy atom. The van der Waals surface area contributed by atoms with Gasteiger partial charge in [-0.3, -0.25) is 4.79 Å². The van der Waals surface area contributed by atoms with E-state index in [1.807, 2.05) is 30.3 Å². The van der Waals surface area contributed by atoms with Gasteiger partial charge in [-0.25, -0.2) is 8.42 Å². The van der Waals surface area contributed by atoms with Gasteiger partial charge in [0, 0.05) is 34.0 Å². The molecule has 0 bridgehead atoms. The van der Waals surface area contributed by atoms with E-state index in [-0.39, 0.29) is 0 Å². The summed E-state index contributed by atoms with van der Waals surface area (Å²) in [6.07, 6.45) is 0. The molecule has 0 spiro atoms. The number of aromatic nitrogens is 1. The van der Waals surface area contributed by atoms with E-state index >= 15 is 0 Å². The van der Waals surface area contributed by atoms with Crippen LogP contribution in [0.4, 0.5) is 5.69 Å². The maximum absolute atomic E-state index is 12.4. The Labute approximate surface area is 153 Å². The Hall–Kier alpha value is -2.34. The highest BCUT2D eigenvalue weighted by atomic mass is 32.2. The Balaban J connectivity index is 2.00. The van der Waals surface area contributed by atoms with E-state index < -0.39 is 26.2 Å². The zero-order valence-electron chi connectivity index (χ0n) is 15.5. The van der Waals surface area contributed by atoms with E-state index in [0.29, 0.717) is 5.69 Å². The van der Waals surface area contributed by atoms with Gasteiger partial charge in [-0.05, 0) is 52.0 Å². The Kier molecular flexibility index (Phi) is 4.80. The summed E-state index contributed by atoms with van der Waals surface area (Å²) in [5.74, 6) is -0.503. The Bertz CT molecular complexity index is 1080. The number of nitrogens with zero attached hydrogens (tertiary/aromatic N) is 1. The first-order chi connectivity index (χ1) is 12.3. The zero-order chi connectivity index (χ0) is 19.1. The quantitative estimate of drug-likeness (QED) is 0.737. The van der Waals surface area contributed by atoms with E-state index in [9.17, 15) is 13.2 Å². The van der Waals surface area contributed by atoms with Crippen LogP contribution in [0.1, 0.15) is 27.7 Å². The lowest BCUT2D eigenvalue weighted by Crippen LogP contribution is -2.36. The molecular weight excluding hydrogens is 348 g/mol. The minimum Gasteiger partial charge on any atom is -0.341 e. The number of fused-ring (bicyclic) bond motifs is 3. The molecule has 2 aromatic carbocycles. The third kappa shape index (κ3) is 2.98. The third-order valence-electron chi connectivity index (χ3n) is 4.88. The summed E-state index contributed by atoms with van der Waals surface area (Å²) in [7, 11) is -3.49. The topological polar surface area (TPSA) is 68.2 Å². The average Bonchev–Trinajstić information content (AvgIpc) is 2.94. The molecule has 0 fully saturated rings. The van der Waals surface area contributed by atoms with E-state index in [1.165, 1.54) is 6.92 Å². The molecule has 0 aliphatic heterocycles. The first-order valence-electron chi connectivity index (χ1n) is 8.82. The van der Waals surface area contributed by atoms with Crippen molar-refractivity contribution in [3.63, 3.8) is 0 Å². The van der Waals surface area contributed by atoms with Crippen molar-refractivity contribution in [3.05, 3.63) is 42.5 Å². The van der Waals surface area contributed by atoms with Crippen molar-refractivity contribution in [1.82, 2.24) is 4.57 Å². The predicted molar refractivity (Wildman–Crippen MR) is 107 cm³/mol. The summed E-state index contributed by atoms with van der Waals surface area (Å²) in [5.41, 5.74) is 2.84. The highest BCUT2D eigenvalue weighted by Crippen LogP contribution is 2.31. The molecule has 1 N–H and O–H groups in total. The minimum atomic E-state index is -3.49. The van der Waals surface area contributed by atoms with Crippen molar-refractivity contribution in [1.29, 1.82) is 0 Å². The fraction of sp³-hybridized carbons (Fsp3) is 0.350. The first kappa shape index (κ1) is 18.5. The molecule has 1 unspecified atom stereocenters. The lowest BCUT2D eigenvalue weighted by atomic mass is 10.1. The van der Waals surface area contributed by atoms with Crippen LogP contribution in [0, 0.1) is 0 Å². The van der Waals surface area contributed by atoms with E-state index in [4.69, 9.17) is 0 Å². The van der Waals surface area contributed by atoms with Crippen molar-refractivity contribution in [3.8, 4) is 0 Å². The van der Waals surface area contributed by atoms with Crippen molar-refractivity contribution in [2.24, 2.45) is 0 Å². The van der Waals surface area contributed by atoms with Crippen LogP contribution in [-0.2, 0) is 21.2 Å². The molecule has 0 aliphatic rings. The molecule has 3 aromatic rings. The van der Waals surface area contributed by atoms with Gasteiger partial charge in [-0.1, -0.05) is 18.2 Å². The second-order valence-corrected chi connectivity index (χ2v) is 9.59. The second-order valence-electron chi connectivity index (χ2n) is 6.76. The lowest BCUT2D eigenvalue weighted by molar-refractivity contribution is -0.115. The molecule has 1 aromatic heterocycles. The number of para-hydroxylation sites is 1. The number of benzene rings is 2. The average molecular weight is 372 g/mol. The van der Waals surface area contributed by atoms with Crippen LogP contribution in [0.2, 0.25) is 0 Å². The molecule has 0 saturated carbocycles. The lowest BCUT2D eigenvalue weighted by Gasteiger charge is -2.15. The first-order valence-corrected chi connectivity index (χ1v) is 10.4. The van der Waals surface area contributed by atoms with Crippen LogP contribution >= 0.6 is 0 Å². The monoisotopic (exact) mass is 372 g/mol. The summed E-state index contributed by atoms with van der Waals surface area (Å²) in [4.78, 5) is 12.4. The fourth-order valence-corrected chi connectivity index (χ4v) is 4.45. The summed E-state index contributed by atoms with van der Waals surface area (Å²) >= 11 is 0. The largest absolute Gasteiger partial charge is 0.341 e. The maximum Gasteiger partial charge on any atom is 0.242 e. The van der Waals surface area contributed by atoms with E-state index in [0.717, 1.165) is 28.4 Å². The second kappa shape index (κ2) is 6.76. The number of carbonyl (C=O) groups is 1. The van der Waals surface area contributed by atoms with Crippen molar-refractivity contribution in [2.45, 2.75) is 44.7 Å². The molecule has 6 heteroatoms. The highest BCUT2D eigenvalue weighted by molar-refractivity contribution is 7.93. The number of carbonyl (C=O) groups excluding carboxylic acids is 1. The van der Waals surface area contributed by atoms with Gasteiger partial charge in [0.15, 0.2) is 9.84 Å². The summed E-state index contributed by atoms with van der Waals surface area (Å²) in [5, 5.41) is 3.24. The minimum absolute atomic E-state index is 0.503. The highest BCUT2D eigenvalue weighted by Gasteiger charge is 2.30. The van der Waals surface area contributed by atoms with Gasteiger partial charge in [0.25, 0.3) is 0 Å². The van der Waals surface area contributed by atoms with Crippen molar-refractivity contribution >= 4 is 43.2 Å². The standard InChI is InChI=1S/C20H24N2O3S/c1-5-22-18-9-7-6-8-16(18)17-12-15(10-11-19(17)22)21-20(23)14(4)26(24,25)13(2)3/h6-14H,5H2,1-4H3,(H,21,23). The van der Waals surface area contributed by atoms with Crippen LogP contribution in [-0.4, -0.2) is 29.4 Å².